The number of pyridine rings is 2. The zero-order chi connectivity index (χ0) is 21.7. The standard InChI is InChI=1S/C24H19FN4O2S/c25-18-6-16(9-27-11-18)14-3-4-21-19(7-14)24(13-32-23(26)29-24)20-8-17(10-28-22(20)31-21)15-2-1-5-30-12-15/h2-4,6-11H,1,5,12-13H2,(H2,26,29). The van der Waals surface area contributed by atoms with Crippen molar-refractivity contribution in [2.24, 2.45) is 10.7 Å². The van der Waals surface area contributed by atoms with Crippen LogP contribution in [0.25, 0.3) is 16.7 Å². The molecule has 0 amide bonds. The van der Waals surface area contributed by atoms with E-state index in [1.54, 1.807) is 6.20 Å². The molecule has 1 unspecified atom stereocenters. The SMILES string of the molecule is NC1=NC2(CS1)c1cc(-c3cncc(F)c3)ccc1Oc1ncc(C3=CCCOC3)cc12. The Morgan fingerprint density at radius 1 is 1.03 bits per heavy atom. The van der Waals surface area contributed by atoms with Gasteiger partial charge in [0.2, 0.25) is 5.88 Å². The smallest absolute Gasteiger partial charge is 0.225 e. The third-order valence-corrected chi connectivity index (χ3v) is 6.93. The van der Waals surface area contributed by atoms with Gasteiger partial charge in [0.25, 0.3) is 0 Å². The van der Waals surface area contributed by atoms with Crippen LogP contribution in [0.3, 0.4) is 0 Å². The highest BCUT2D eigenvalue weighted by Crippen LogP contribution is 2.53. The van der Waals surface area contributed by atoms with Crippen LogP contribution in [0.4, 0.5) is 4.39 Å². The van der Waals surface area contributed by atoms with Crippen LogP contribution in [-0.2, 0) is 10.3 Å². The molecule has 0 saturated carbocycles. The second kappa shape index (κ2) is 7.43. The Kier molecular flexibility index (Phi) is 4.51. The van der Waals surface area contributed by atoms with Gasteiger partial charge in [0.1, 0.15) is 17.1 Å². The third kappa shape index (κ3) is 3.10. The molecule has 5 heterocycles. The summed E-state index contributed by atoms with van der Waals surface area (Å²) in [5.74, 6) is 1.45. The summed E-state index contributed by atoms with van der Waals surface area (Å²) < 4.78 is 25.6. The van der Waals surface area contributed by atoms with E-state index >= 15 is 0 Å². The van der Waals surface area contributed by atoms with E-state index in [0.717, 1.165) is 40.9 Å². The van der Waals surface area contributed by atoms with Crippen LogP contribution in [0.1, 0.15) is 23.1 Å². The van der Waals surface area contributed by atoms with E-state index in [-0.39, 0.29) is 5.82 Å². The number of rotatable bonds is 2. The fourth-order valence-corrected chi connectivity index (χ4v) is 5.36. The molecule has 0 fully saturated rings. The molecule has 160 valence electrons. The van der Waals surface area contributed by atoms with E-state index in [2.05, 4.69) is 22.1 Å². The van der Waals surface area contributed by atoms with Gasteiger partial charge in [0.15, 0.2) is 5.17 Å². The Bertz CT molecular complexity index is 1310. The topological polar surface area (TPSA) is 82.6 Å². The van der Waals surface area contributed by atoms with Gasteiger partial charge >= 0.3 is 0 Å². The Labute approximate surface area is 188 Å². The minimum atomic E-state index is -0.729. The van der Waals surface area contributed by atoms with Crippen molar-refractivity contribution in [3.63, 3.8) is 0 Å². The van der Waals surface area contributed by atoms with Crippen molar-refractivity contribution in [1.82, 2.24) is 9.97 Å². The zero-order valence-corrected chi connectivity index (χ0v) is 17.9. The summed E-state index contributed by atoms with van der Waals surface area (Å²) >= 11 is 1.51. The molecule has 3 aromatic rings. The first-order valence-electron chi connectivity index (χ1n) is 10.3. The highest BCUT2D eigenvalue weighted by atomic mass is 32.2. The second-order valence-electron chi connectivity index (χ2n) is 7.95. The molecule has 6 nitrogen and oxygen atoms in total. The Balaban J connectivity index is 1.53. The number of aliphatic imine (C=N–C) groups is 1. The number of hydrogen-bond acceptors (Lipinski definition) is 7. The highest BCUT2D eigenvalue weighted by Gasteiger charge is 2.46. The van der Waals surface area contributed by atoms with E-state index in [4.69, 9.17) is 20.2 Å². The summed E-state index contributed by atoms with van der Waals surface area (Å²) in [7, 11) is 0. The van der Waals surface area contributed by atoms with Crippen LogP contribution in [0.2, 0.25) is 0 Å². The lowest BCUT2D eigenvalue weighted by molar-refractivity contribution is 0.164. The number of nitrogens with zero attached hydrogens (tertiary/aromatic N) is 3. The number of aromatic nitrogens is 2. The lowest BCUT2D eigenvalue weighted by Gasteiger charge is -2.34. The molecular formula is C24H19FN4O2S. The lowest BCUT2D eigenvalue weighted by Crippen LogP contribution is -2.31. The number of ether oxygens (including phenoxy) is 2. The van der Waals surface area contributed by atoms with Crippen LogP contribution in [-0.4, -0.2) is 34.1 Å². The van der Waals surface area contributed by atoms with Crippen molar-refractivity contribution in [3.05, 3.63) is 77.5 Å². The number of fused-ring (bicyclic) bond motifs is 4. The molecule has 8 heteroatoms. The fraction of sp³-hybridized carbons (Fsp3) is 0.208. The average molecular weight is 447 g/mol. The van der Waals surface area contributed by atoms with E-state index in [1.165, 1.54) is 24.0 Å². The summed E-state index contributed by atoms with van der Waals surface area (Å²) in [6.45, 7) is 1.29. The maximum Gasteiger partial charge on any atom is 0.225 e. The predicted molar refractivity (Wildman–Crippen MR) is 122 cm³/mol. The molecule has 3 aliphatic rings. The van der Waals surface area contributed by atoms with Gasteiger partial charge in [-0.05, 0) is 47.4 Å². The number of benzene rings is 1. The molecule has 0 radical (unpaired) electrons. The van der Waals surface area contributed by atoms with Crippen LogP contribution >= 0.6 is 11.8 Å². The van der Waals surface area contributed by atoms with Gasteiger partial charge in [0.05, 0.1) is 19.4 Å². The van der Waals surface area contributed by atoms with E-state index in [1.807, 2.05) is 24.4 Å². The number of halogens is 1. The monoisotopic (exact) mass is 446 g/mol. The Hall–Kier alpha value is -3.23. The molecule has 3 aliphatic heterocycles. The molecule has 2 N–H and O–H groups in total. The Morgan fingerprint density at radius 2 is 1.94 bits per heavy atom. The molecule has 0 saturated heterocycles. The van der Waals surface area contributed by atoms with Crippen molar-refractivity contribution >= 4 is 22.5 Å². The van der Waals surface area contributed by atoms with Crippen molar-refractivity contribution in [1.29, 1.82) is 0 Å². The van der Waals surface area contributed by atoms with Gasteiger partial charge in [-0.2, -0.15) is 0 Å². The maximum absolute atomic E-state index is 13.8. The van der Waals surface area contributed by atoms with E-state index < -0.39 is 5.54 Å². The minimum Gasteiger partial charge on any atom is -0.438 e. The summed E-state index contributed by atoms with van der Waals surface area (Å²) in [6.07, 6.45) is 7.72. The first kappa shape index (κ1) is 19.5. The average Bonchev–Trinajstić information content (AvgIpc) is 3.22. The van der Waals surface area contributed by atoms with Gasteiger partial charge in [0, 0.05) is 34.8 Å². The summed E-state index contributed by atoms with van der Waals surface area (Å²) in [4.78, 5) is 13.5. The second-order valence-corrected chi connectivity index (χ2v) is 8.95. The van der Waals surface area contributed by atoms with Crippen LogP contribution < -0.4 is 10.5 Å². The third-order valence-electron chi connectivity index (χ3n) is 5.98. The Morgan fingerprint density at radius 3 is 2.72 bits per heavy atom. The lowest BCUT2D eigenvalue weighted by atomic mass is 9.81. The summed E-state index contributed by atoms with van der Waals surface area (Å²) in [6, 6.07) is 9.32. The molecule has 1 spiro atoms. The van der Waals surface area contributed by atoms with E-state index in [0.29, 0.717) is 34.7 Å². The molecule has 1 aromatic carbocycles. The van der Waals surface area contributed by atoms with Crippen molar-refractivity contribution in [2.45, 2.75) is 12.0 Å². The summed E-state index contributed by atoms with van der Waals surface area (Å²) in [5, 5.41) is 0.521. The number of hydrogen-bond donors (Lipinski definition) is 1. The van der Waals surface area contributed by atoms with Crippen LogP contribution in [0, 0.1) is 5.82 Å². The van der Waals surface area contributed by atoms with Crippen LogP contribution in [0.15, 0.2) is 60.0 Å². The molecule has 6 rings (SSSR count). The molecule has 2 aromatic heterocycles. The van der Waals surface area contributed by atoms with Gasteiger partial charge in [-0.1, -0.05) is 23.9 Å². The largest absolute Gasteiger partial charge is 0.438 e. The highest BCUT2D eigenvalue weighted by molar-refractivity contribution is 8.14. The van der Waals surface area contributed by atoms with Gasteiger partial charge < -0.3 is 15.2 Å². The molecular weight excluding hydrogens is 427 g/mol. The van der Waals surface area contributed by atoms with Crippen molar-refractivity contribution < 1.29 is 13.9 Å². The number of thioether (sulfide) groups is 1. The normalized spacial score (nSPS) is 21.4. The minimum absolute atomic E-state index is 0.382. The van der Waals surface area contributed by atoms with Crippen LogP contribution in [0.5, 0.6) is 11.6 Å². The van der Waals surface area contributed by atoms with E-state index in [9.17, 15) is 4.39 Å². The molecule has 0 aliphatic carbocycles. The van der Waals surface area contributed by atoms with Crippen molar-refractivity contribution in [3.8, 4) is 22.8 Å². The van der Waals surface area contributed by atoms with Crippen molar-refractivity contribution in [2.75, 3.05) is 19.0 Å². The quantitative estimate of drug-likeness (QED) is 0.624. The molecule has 1 atom stereocenters. The number of nitrogens with two attached hydrogens (primary N) is 1. The fourth-order valence-electron chi connectivity index (χ4n) is 4.41. The van der Waals surface area contributed by atoms with Gasteiger partial charge in [-0.15, -0.1) is 0 Å². The van der Waals surface area contributed by atoms with Gasteiger partial charge in [-0.3, -0.25) is 4.98 Å². The maximum atomic E-state index is 13.8. The van der Waals surface area contributed by atoms with Gasteiger partial charge in [-0.25, -0.2) is 14.4 Å². The zero-order valence-electron chi connectivity index (χ0n) is 17.0. The first-order chi connectivity index (χ1) is 15.6. The molecule has 32 heavy (non-hydrogen) atoms. The summed E-state index contributed by atoms with van der Waals surface area (Å²) in [5.41, 5.74) is 10.8. The predicted octanol–water partition coefficient (Wildman–Crippen LogP) is 4.50. The number of amidine groups is 1. The molecule has 0 bridgehead atoms. The first-order valence-corrected chi connectivity index (χ1v) is 11.3.